The summed E-state index contributed by atoms with van der Waals surface area (Å²) in [5.41, 5.74) is 0.549. The van der Waals surface area contributed by atoms with Crippen molar-refractivity contribution in [1.82, 2.24) is 10.3 Å². The topological polar surface area (TPSA) is 62.2 Å². The lowest BCUT2D eigenvalue weighted by molar-refractivity contribution is 0.0941. The molecule has 0 radical (unpaired) electrons. The number of rotatable bonds is 4. The molecule has 0 unspecified atom stereocenters. The zero-order valence-electron chi connectivity index (χ0n) is 7.86. The van der Waals surface area contributed by atoms with Gasteiger partial charge in [-0.25, -0.2) is 4.98 Å². The van der Waals surface area contributed by atoms with Crippen LogP contribution >= 0.6 is 11.8 Å². The van der Waals surface area contributed by atoms with Crippen molar-refractivity contribution in [2.75, 3.05) is 19.4 Å². The van der Waals surface area contributed by atoms with Crippen molar-refractivity contribution in [3.05, 3.63) is 23.9 Å². The minimum Gasteiger partial charge on any atom is -0.395 e. The molecule has 1 rings (SSSR count). The Bertz CT molecular complexity index is 317. The summed E-state index contributed by atoms with van der Waals surface area (Å²) < 4.78 is 0. The predicted molar refractivity (Wildman–Crippen MR) is 55.4 cm³/mol. The first kappa shape index (κ1) is 11.0. The summed E-state index contributed by atoms with van der Waals surface area (Å²) in [4.78, 5) is 15.6. The first-order valence-electron chi connectivity index (χ1n) is 4.17. The van der Waals surface area contributed by atoms with E-state index in [9.17, 15) is 4.79 Å². The van der Waals surface area contributed by atoms with E-state index >= 15 is 0 Å². The van der Waals surface area contributed by atoms with Crippen LogP contribution in [0.3, 0.4) is 0 Å². The number of hydrogen-bond donors (Lipinski definition) is 2. The fourth-order valence-corrected chi connectivity index (χ4v) is 1.54. The van der Waals surface area contributed by atoms with Gasteiger partial charge in [-0.2, -0.15) is 0 Å². The first-order chi connectivity index (χ1) is 6.79. The molecule has 5 heteroatoms. The summed E-state index contributed by atoms with van der Waals surface area (Å²) in [5, 5.41) is 11.8. The Morgan fingerprint density at radius 2 is 2.50 bits per heavy atom. The predicted octanol–water partition coefficient (Wildman–Crippen LogP) is 0.526. The molecule has 0 bridgehead atoms. The number of hydrogen-bond acceptors (Lipinski definition) is 4. The summed E-state index contributed by atoms with van der Waals surface area (Å²) in [6, 6.07) is 3.43. The first-order valence-corrected chi connectivity index (χ1v) is 5.40. The third-order valence-corrected chi connectivity index (χ3v) is 2.32. The van der Waals surface area contributed by atoms with Gasteiger partial charge >= 0.3 is 0 Å². The third-order valence-electron chi connectivity index (χ3n) is 1.61. The van der Waals surface area contributed by atoms with E-state index in [4.69, 9.17) is 5.11 Å². The van der Waals surface area contributed by atoms with Gasteiger partial charge in [-0.05, 0) is 18.4 Å². The molecule has 1 heterocycles. The summed E-state index contributed by atoms with van der Waals surface area (Å²) in [5.74, 6) is -0.198. The Hall–Kier alpha value is -1.07. The van der Waals surface area contributed by atoms with Gasteiger partial charge in [0.2, 0.25) is 0 Å². The van der Waals surface area contributed by atoms with Gasteiger partial charge in [0.25, 0.3) is 5.91 Å². The van der Waals surface area contributed by atoms with E-state index in [0.717, 1.165) is 0 Å². The zero-order valence-corrected chi connectivity index (χ0v) is 8.67. The summed E-state index contributed by atoms with van der Waals surface area (Å²) in [6.45, 7) is 0.210. The SMILES string of the molecule is CSc1ncccc1C(=O)NCCO. The molecular weight excluding hydrogens is 200 g/mol. The maximum atomic E-state index is 11.5. The molecule has 4 nitrogen and oxygen atoms in total. The van der Waals surface area contributed by atoms with Gasteiger partial charge in [0.15, 0.2) is 0 Å². The van der Waals surface area contributed by atoms with E-state index in [1.54, 1.807) is 18.3 Å². The van der Waals surface area contributed by atoms with Gasteiger partial charge in [-0.1, -0.05) is 0 Å². The van der Waals surface area contributed by atoms with Crippen LogP contribution in [0, 0.1) is 0 Å². The van der Waals surface area contributed by atoms with Crippen molar-refractivity contribution in [2.24, 2.45) is 0 Å². The Morgan fingerprint density at radius 3 is 3.14 bits per heavy atom. The molecule has 0 saturated heterocycles. The van der Waals surface area contributed by atoms with Gasteiger partial charge in [0, 0.05) is 12.7 Å². The minimum atomic E-state index is -0.198. The van der Waals surface area contributed by atoms with E-state index in [2.05, 4.69) is 10.3 Å². The number of aromatic nitrogens is 1. The number of pyridine rings is 1. The van der Waals surface area contributed by atoms with Gasteiger partial charge in [0.05, 0.1) is 12.2 Å². The lowest BCUT2D eigenvalue weighted by atomic mass is 10.3. The molecule has 0 spiro atoms. The number of thioether (sulfide) groups is 1. The van der Waals surface area contributed by atoms with Crippen LogP contribution in [0.4, 0.5) is 0 Å². The monoisotopic (exact) mass is 212 g/mol. The summed E-state index contributed by atoms with van der Waals surface area (Å²) in [7, 11) is 0. The van der Waals surface area contributed by atoms with E-state index in [0.29, 0.717) is 10.6 Å². The number of aliphatic hydroxyl groups is 1. The average molecular weight is 212 g/mol. The second kappa shape index (κ2) is 5.62. The second-order valence-electron chi connectivity index (χ2n) is 2.54. The average Bonchev–Trinajstić information content (AvgIpc) is 2.25. The molecule has 0 aliphatic heterocycles. The van der Waals surface area contributed by atoms with Crippen LogP contribution in [0.2, 0.25) is 0 Å². The van der Waals surface area contributed by atoms with Gasteiger partial charge < -0.3 is 10.4 Å². The summed E-state index contributed by atoms with van der Waals surface area (Å²) >= 11 is 1.42. The highest BCUT2D eigenvalue weighted by atomic mass is 32.2. The molecular formula is C9H12N2O2S. The maximum absolute atomic E-state index is 11.5. The molecule has 1 amide bonds. The van der Waals surface area contributed by atoms with Crippen molar-refractivity contribution in [3.8, 4) is 0 Å². The number of aliphatic hydroxyl groups excluding tert-OH is 1. The fourth-order valence-electron chi connectivity index (χ4n) is 0.991. The van der Waals surface area contributed by atoms with Crippen LogP contribution in [0.15, 0.2) is 23.4 Å². The smallest absolute Gasteiger partial charge is 0.254 e. The molecule has 0 atom stereocenters. The minimum absolute atomic E-state index is 0.0550. The molecule has 0 aromatic carbocycles. The van der Waals surface area contributed by atoms with E-state index < -0.39 is 0 Å². The zero-order chi connectivity index (χ0) is 10.4. The van der Waals surface area contributed by atoms with Gasteiger partial charge in [0.1, 0.15) is 5.03 Å². The number of carbonyl (C=O) groups is 1. The van der Waals surface area contributed by atoms with E-state index in [1.165, 1.54) is 11.8 Å². The van der Waals surface area contributed by atoms with Crippen LogP contribution in [-0.2, 0) is 0 Å². The van der Waals surface area contributed by atoms with Crippen molar-refractivity contribution >= 4 is 17.7 Å². The fraction of sp³-hybridized carbons (Fsp3) is 0.333. The van der Waals surface area contributed by atoms with Crippen molar-refractivity contribution in [3.63, 3.8) is 0 Å². The molecule has 2 N–H and O–H groups in total. The number of carbonyl (C=O) groups excluding carboxylic acids is 1. The highest BCUT2D eigenvalue weighted by Crippen LogP contribution is 2.16. The normalized spacial score (nSPS) is 9.86. The Kier molecular flexibility index (Phi) is 4.42. The molecule has 0 aliphatic carbocycles. The highest BCUT2D eigenvalue weighted by molar-refractivity contribution is 7.98. The van der Waals surface area contributed by atoms with E-state index in [1.807, 2.05) is 6.26 Å². The number of nitrogens with one attached hydrogen (secondary N) is 1. The lowest BCUT2D eigenvalue weighted by Crippen LogP contribution is -2.26. The highest BCUT2D eigenvalue weighted by Gasteiger charge is 2.09. The number of amides is 1. The standard InChI is InChI=1S/C9H12N2O2S/c1-14-9-7(3-2-4-11-9)8(13)10-5-6-12/h2-4,12H,5-6H2,1H3,(H,10,13). The second-order valence-corrected chi connectivity index (χ2v) is 3.33. The molecule has 14 heavy (non-hydrogen) atoms. The van der Waals surface area contributed by atoms with Gasteiger partial charge in [-0.15, -0.1) is 11.8 Å². The largest absolute Gasteiger partial charge is 0.395 e. The molecule has 0 fully saturated rings. The van der Waals surface area contributed by atoms with E-state index in [-0.39, 0.29) is 19.1 Å². The van der Waals surface area contributed by atoms with Gasteiger partial charge in [-0.3, -0.25) is 4.79 Å². The van der Waals surface area contributed by atoms with Crippen LogP contribution in [-0.4, -0.2) is 35.4 Å². The number of nitrogens with zero attached hydrogens (tertiary/aromatic N) is 1. The van der Waals surface area contributed by atoms with Crippen LogP contribution in [0.25, 0.3) is 0 Å². The van der Waals surface area contributed by atoms with Crippen LogP contribution in [0.5, 0.6) is 0 Å². The Morgan fingerprint density at radius 1 is 1.71 bits per heavy atom. The quantitative estimate of drug-likeness (QED) is 0.714. The van der Waals surface area contributed by atoms with Crippen LogP contribution < -0.4 is 5.32 Å². The van der Waals surface area contributed by atoms with Crippen LogP contribution in [0.1, 0.15) is 10.4 Å². The Balaban J connectivity index is 2.78. The maximum Gasteiger partial charge on any atom is 0.254 e. The lowest BCUT2D eigenvalue weighted by Gasteiger charge is -2.05. The molecule has 76 valence electrons. The molecule has 1 aromatic rings. The van der Waals surface area contributed by atoms with Crippen molar-refractivity contribution in [2.45, 2.75) is 5.03 Å². The molecule has 0 saturated carbocycles. The van der Waals surface area contributed by atoms with Crippen molar-refractivity contribution in [1.29, 1.82) is 0 Å². The van der Waals surface area contributed by atoms with Crippen molar-refractivity contribution < 1.29 is 9.90 Å². The molecule has 1 aromatic heterocycles. The summed E-state index contributed by atoms with van der Waals surface area (Å²) in [6.07, 6.45) is 3.51. The third kappa shape index (κ3) is 2.71. The molecule has 0 aliphatic rings. The Labute approximate surface area is 86.7 Å².